The predicted molar refractivity (Wildman–Crippen MR) is 86.1 cm³/mol. The Labute approximate surface area is 137 Å². The molecule has 1 aromatic rings. The highest BCUT2D eigenvalue weighted by Gasteiger charge is 2.38. The first-order chi connectivity index (χ1) is 11.3. The van der Waals surface area contributed by atoms with Crippen LogP contribution in [0, 0.1) is 0 Å². The minimum atomic E-state index is 0.105. The second kappa shape index (κ2) is 6.62. The highest BCUT2D eigenvalue weighted by atomic mass is 16.5. The monoisotopic (exact) mass is 317 g/mol. The molecule has 0 aromatic carbocycles. The van der Waals surface area contributed by atoms with Crippen LogP contribution in [0.2, 0.25) is 0 Å². The Balaban J connectivity index is 1.43. The van der Waals surface area contributed by atoms with Crippen LogP contribution in [0.4, 0.5) is 0 Å². The fourth-order valence-corrected chi connectivity index (χ4v) is 4.58. The summed E-state index contributed by atoms with van der Waals surface area (Å²) in [5, 5.41) is 4.20. The average Bonchev–Trinajstić information content (AvgIpc) is 3.25. The van der Waals surface area contributed by atoms with E-state index < -0.39 is 0 Å². The lowest BCUT2D eigenvalue weighted by Gasteiger charge is -2.26. The van der Waals surface area contributed by atoms with Crippen molar-refractivity contribution in [3.63, 3.8) is 0 Å². The maximum absolute atomic E-state index is 12.5. The Hall–Kier alpha value is -1.39. The maximum atomic E-state index is 12.5. The molecule has 1 aliphatic heterocycles. The zero-order valence-corrected chi connectivity index (χ0v) is 13.9. The molecular weight excluding hydrogens is 290 g/mol. The summed E-state index contributed by atoms with van der Waals surface area (Å²) < 4.78 is 5.53. The van der Waals surface area contributed by atoms with Crippen LogP contribution in [0.15, 0.2) is 4.52 Å². The standard InChI is InChI=1S/C18H27N3O2/c22-16-11-14(12-21(16)15-9-3-1-2-4-10-15)18-19-17(20-23-18)13-7-5-6-8-13/h13-15H,1-12H2/t14-/m0/s1. The van der Waals surface area contributed by atoms with Gasteiger partial charge in [-0.05, 0) is 25.7 Å². The second-order valence-corrected chi connectivity index (χ2v) is 7.56. The van der Waals surface area contributed by atoms with E-state index >= 15 is 0 Å². The third kappa shape index (κ3) is 3.15. The van der Waals surface area contributed by atoms with Gasteiger partial charge in [0, 0.05) is 24.9 Å². The summed E-state index contributed by atoms with van der Waals surface area (Å²) in [5.41, 5.74) is 0. The number of rotatable bonds is 3. The number of carbonyl (C=O) groups is 1. The normalized spacial score (nSPS) is 27.7. The van der Waals surface area contributed by atoms with Crippen molar-refractivity contribution in [2.24, 2.45) is 0 Å². The smallest absolute Gasteiger partial charge is 0.232 e. The Morgan fingerprint density at radius 2 is 1.61 bits per heavy atom. The molecule has 126 valence electrons. The third-order valence-electron chi connectivity index (χ3n) is 5.95. The van der Waals surface area contributed by atoms with Crippen molar-refractivity contribution in [3.8, 4) is 0 Å². The molecule has 2 aliphatic carbocycles. The van der Waals surface area contributed by atoms with Gasteiger partial charge in [-0.15, -0.1) is 0 Å². The topological polar surface area (TPSA) is 59.2 Å². The summed E-state index contributed by atoms with van der Waals surface area (Å²) in [6.07, 6.45) is 12.9. The van der Waals surface area contributed by atoms with Gasteiger partial charge in [0.25, 0.3) is 0 Å². The van der Waals surface area contributed by atoms with Gasteiger partial charge >= 0.3 is 0 Å². The van der Waals surface area contributed by atoms with E-state index in [0.29, 0.717) is 24.3 Å². The van der Waals surface area contributed by atoms with Crippen molar-refractivity contribution in [1.82, 2.24) is 15.0 Å². The maximum Gasteiger partial charge on any atom is 0.232 e. The van der Waals surface area contributed by atoms with Crippen LogP contribution in [-0.2, 0) is 4.79 Å². The Morgan fingerprint density at radius 1 is 0.913 bits per heavy atom. The minimum absolute atomic E-state index is 0.105. The van der Waals surface area contributed by atoms with E-state index in [0.717, 1.165) is 25.2 Å². The number of amides is 1. The quantitative estimate of drug-likeness (QED) is 0.796. The van der Waals surface area contributed by atoms with Gasteiger partial charge < -0.3 is 9.42 Å². The zero-order valence-electron chi connectivity index (χ0n) is 13.9. The molecule has 3 aliphatic rings. The highest BCUT2D eigenvalue weighted by molar-refractivity contribution is 5.79. The molecular formula is C18H27N3O2. The summed E-state index contributed by atoms with van der Waals surface area (Å²) >= 11 is 0. The Bertz CT molecular complexity index is 542. The van der Waals surface area contributed by atoms with Crippen molar-refractivity contribution in [2.45, 2.75) is 88.5 Å². The van der Waals surface area contributed by atoms with Crippen LogP contribution in [0.25, 0.3) is 0 Å². The van der Waals surface area contributed by atoms with Gasteiger partial charge in [-0.3, -0.25) is 4.79 Å². The van der Waals surface area contributed by atoms with E-state index in [1.54, 1.807) is 0 Å². The molecule has 2 saturated carbocycles. The molecule has 4 rings (SSSR count). The van der Waals surface area contributed by atoms with Crippen molar-refractivity contribution in [3.05, 3.63) is 11.7 Å². The first-order valence-electron chi connectivity index (χ1n) is 9.44. The van der Waals surface area contributed by atoms with Crippen LogP contribution in [0.5, 0.6) is 0 Å². The number of nitrogens with zero attached hydrogens (tertiary/aromatic N) is 3. The van der Waals surface area contributed by atoms with Gasteiger partial charge in [-0.25, -0.2) is 0 Å². The van der Waals surface area contributed by atoms with Gasteiger partial charge in [0.1, 0.15) is 0 Å². The first-order valence-corrected chi connectivity index (χ1v) is 9.44. The van der Waals surface area contributed by atoms with Gasteiger partial charge in [0.05, 0.1) is 5.92 Å². The van der Waals surface area contributed by atoms with E-state index in [2.05, 4.69) is 15.0 Å². The summed E-state index contributed by atoms with van der Waals surface area (Å²) in [5.74, 6) is 2.42. The molecule has 1 saturated heterocycles. The highest BCUT2D eigenvalue weighted by Crippen LogP contribution is 2.35. The fourth-order valence-electron chi connectivity index (χ4n) is 4.58. The number of hydrogen-bond acceptors (Lipinski definition) is 4. The summed E-state index contributed by atoms with van der Waals surface area (Å²) in [6, 6.07) is 0.437. The van der Waals surface area contributed by atoms with E-state index in [1.807, 2.05) is 0 Å². The predicted octanol–water partition coefficient (Wildman–Crippen LogP) is 3.77. The minimum Gasteiger partial charge on any atom is -0.339 e. The fraction of sp³-hybridized carbons (Fsp3) is 0.833. The molecule has 1 amide bonds. The van der Waals surface area contributed by atoms with E-state index in [9.17, 15) is 4.79 Å². The number of hydrogen-bond donors (Lipinski definition) is 0. The number of likely N-dealkylation sites (tertiary alicyclic amines) is 1. The molecule has 0 bridgehead atoms. The average molecular weight is 317 g/mol. The molecule has 2 heterocycles. The molecule has 1 aromatic heterocycles. The summed E-state index contributed by atoms with van der Waals surface area (Å²) in [7, 11) is 0. The molecule has 3 fully saturated rings. The summed E-state index contributed by atoms with van der Waals surface area (Å²) in [6.45, 7) is 0.774. The summed E-state index contributed by atoms with van der Waals surface area (Å²) in [4.78, 5) is 19.2. The molecule has 0 N–H and O–H groups in total. The lowest BCUT2D eigenvalue weighted by Crippen LogP contribution is -2.36. The van der Waals surface area contributed by atoms with E-state index in [-0.39, 0.29) is 11.8 Å². The molecule has 23 heavy (non-hydrogen) atoms. The Kier molecular flexibility index (Phi) is 4.36. The second-order valence-electron chi connectivity index (χ2n) is 7.56. The van der Waals surface area contributed by atoms with Gasteiger partial charge in [-0.1, -0.05) is 43.7 Å². The van der Waals surface area contributed by atoms with Crippen molar-refractivity contribution in [1.29, 1.82) is 0 Å². The van der Waals surface area contributed by atoms with Crippen LogP contribution >= 0.6 is 0 Å². The van der Waals surface area contributed by atoms with Gasteiger partial charge in [0.15, 0.2) is 5.82 Å². The molecule has 0 unspecified atom stereocenters. The van der Waals surface area contributed by atoms with Gasteiger partial charge in [-0.2, -0.15) is 4.98 Å². The lowest BCUT2D eigenvalue weighted by atomic mass is 10.1. The van der Waals surface area contributed by atoms with Crippen molar-refractivity contribution < 1.29 is 9.32 Å². The van der Waals surface area contributed by atoms with Gasteiger partial charge in [0.2, 0.25) is 11.8 Å². The largest absolute Gasteiger partial charge is 0.339 e. The molecule has 5 heteroatoms. The Morgan fingerprint density at radius 3 is 2.35 bits per heavy atom. The lowest BCUT2D eigenvalue weighted by molar-refractivity contribution is -0.129. The molecule has 0 radical (unpaired) electrons. The first kappa shape index (κ1) is 15.2. The van der Waals surface area contributed by atoms with Crippen LogP contribution in [0.3, 0.4) is 0 Å². The number of aromatic nitrogens is 2. The molecule has 0 spiro atoms. The number of carbonyl (C=O) groups excluding carboxylic acids is 1. The zero-order chi connectivity index (χ0) is 15.6. The van der Waals surface area contributed by atoms with E-state index in [4.69, 9.17) is 4.52 Å². The SMILES string of the molecule is O=C1C[C@H](c2nc(C3CCCC3)no2)CN1C1CCCCCC1. The van der Waals surface area contributed by atoms with Crippen molar-refractivity contribution >= 4 is 5.91 Å². The van der Waals surface area contributed by atoms with Crippen LogP contribution in [0.1, 0.15) is 94.2 Å². The third-order valence-corrected chi connectivity index (χ3v) is 5.95. The van der Waals surface area contributed by atoms with Crippen LogP contribution < -0.4 is 0 Å². The van der Waals surface area contributed by atoms with Crippen LogP contribution in [-0.4, -0.2) is 33.5 Å². The van der Waals surface area contributed by atoms with E-state index in [1.165, 1.54) is 51.4 Å². The molecule has 5 nitrogen and oxygen atoms in total. The molecule has 1 atom stereocenters. The van der Waals surface area contributed by atoms with Crippen molar-refractivity contribution in [2.75, 3.05) is 6.54 Å².